The molecule has 3 rings (SSSR count). The van der Waals surface area contributed by atoms with E-state index in [2.05, 4.69) is 19.7 Å². The fourth-order valence-corrected chi connectivity index (χ4v) is 3.64. The Morgan fingerprint density at radius 1 is 1.19 bits per heavy atom. The van der Waals surface area contributed by atoms with Gasteiger partial charge in [-0.3, -0.25) is 9.82 Å². The minimum Gasteiger partial charge on any atom is -0.465 e. The number of methoxy groups -OCH3 is 1. The van der Waals surface area contributed by atoms with Crippen molar-refractivity contribution in [2.45, 2.75) is 18.7 Å². The van der Waals surface area contributed by atoms with E-state index in [1.165, 1.54) is 37.4 Å². The van der Waals surface area contributed by atoms with E-state index in [0.29, 0.717) is 22.7 Å². The van der Waals surface area contributed by atoms with E-state index in [1.807, 2.05) is 6.92 Å². The van der Waals surface area contributed by atoms with Crippen molar-refractivity contribution in [1.82, 2.24) is 10.2 Å². The maximum absolute atomic E-state index is 12.7. The quantitative estimate of drug-likeness (QED) is 0.663. The molecule has 1 aromatic carbocycles. The maximum atomic E-state index is 12.7. The first kappa shape index (κ1) is 17.7. The molecule has 2 heterocycles. The van der Waals surface area contributed by atoms with Crippen LogP contribution in [0.2, 0.25) is 0 Å². The number of ether oxygens (including phenoxy) is 1. The van der Waals surface area contributed by atoms with Crippen LogP contribution in [0.15, 0.2) is 45.7 Å². The Morgan fingerprint density at radius 3 is 2.46 bits per heavy atom. The van der Waals surface area contributed by atoms with Crippen LogP contribution >= 0.6 is 0 Å². The van der Waals surface area contributed by atoms with Gasteiger partial charge in [-0.05, 0) is 44.2 Å². The average Bonchev–Trinajstić information content (AvgIpc) is 3.20. The fraction of sp³-hybridized carbons (Fsp3) is 0.176. The molecule has 2 aromatic heterocycles. The Morgan fingerprint density at radius 2 is 1.88 bits per heavy atom. The van der Waals surface area contributed by atoms with Gasteiger partial charge in [-0.1, -0.05) is 0 Å². The largest absolute Gasteiger partial charge is 0.465 e. The van der Waals surface area contributed by atoms with Crippen LogP contribution in [0.5, 0.6) is 0 Å². The van der Waals surface area contributed by atoms with Gasteiger partial charge in [0.15, 0.2) is 5.76 Å². The van der Waals surface area contributed by atoms with Gasteiger partial charge in [-0.2, -0.15) is 5.10 Å². The molecule has 0 aliphatic heterocycles. The minimum absolute atomic E-state index is 0.0187. The SMILES string of the molecule is COC(=O)c1ccc(NS(=O)(=O)c2cc(-c3cc(C)[nH]n3)oc2C)cc1. The summed E-state index contributed by atoms with van der Waals surface area (Å²) in [5, 5.41) is 6.84. The molecule has 26 heavy (non-hydrogen) atoms. The van der Waals surface area contributed by atoms with Crippen molar-refractivity contribution in [3.05, 3.63) is 53.4 Å². The van der Waals surface area contributed by atoms with Gasteiger partial charge in [-0.15, -0.1) is 0 Å². The first-order valence-electron chi connectivity index (χ1n) is 7.64. The number of esters is 1. The maximum Gasteiger partial charge on any atom is 0.337 e. The molecule has 0 atom stereocenters. The van der Waals surface area contributed by atoms with Crippen LogP contribution in [0, 0.1) is 13.8 Å². The zero-order valence-electron chi connectivity index (χ0n) is 14.4. The Labute approximate surface area is 150 Å². The normalized spacial score (nSPS) is 11.3. The number of hydrogen-bond acceptors (Lipinski definition) is 6. The number of carbonyl (C=O) groups excluding carboxylic acids is 1. The van der Waals surface area contributed by atoms with Crippen molar-refractivity contribution in [3.63, 3.8) is 0 Å². The minimum atomic E-state index is -3.86. The number of rotatable bonds is 5. The molecule has 0 unspecified atom stereocenters. The summed E-state index contributed by atoms with van der Waals surface area (Å²) in [5.41, 5.74) is 2.00. The lowest BCUT2D eigenvalue weighted by Crippen LogP contribution is -2.13. The Hall–Kier alpha value is -3.07. The molecular formula is C17H17N3O5S. The molecule has 136 valence electrons. The molecule has 0 fully saturated rings. The molecule has 0 radical (unpaired) electrons. The van der Waals surface area contributed by atoms with Crippen LogP contribution in [0.1, 0.15) is 21.8 Å². The van der Waals surface area contributed by atoms with Gasteiger partial charge in [0.25, 0.3) is 10.0 Å². The van der Waals surface area contributed by atoms with Crippen molar-refractivity contribution in [1.29, 1.82) is 0 Å². The number of furan rings is 1. The van der Waals surface area contributed by atoms with E-state index in [0.717, 1.165) is 5.69 Å². The average molecular weight is 375 g/mol. The summed E-state index contributed by atoms with van der Waals surface area (Å²) >= 11 is 0. The van der Waals surface area contributed by atoms with Crippen molar-refractivity contribution in [2.24, 2.45) is 0 Å². The van der Waals surface area contributed by atoms with E-state index in [1.54, 1.807) is 13.0 Å². The van der Waals surface area contributed by atoms with E-state index < -0.39 is 16.0 Å². The first-order valence-corrected chi connectivity index (χ1v) is 9.12. The number of aryl methyl sites for hydroxylation is 2. The lowest BCUT2D eigenvalue weighted by Gasteiger charge is -2.07. The van der Waals surface area contributed by atoms with E-state index >= 15 is 0 Å². The second kappa shape index (κ2) is 6.68. The van der Waals surface area contributed by atoms with Crippen molar-refractivity contribution in [3.8, 4) is 11.5 Å². The second-order valence-electron chi connectivity index (χ2n) is 5.64. The molecule has 0 bridgehead atoms. The predicted molar refractivity (Wildman–Crippen MR) is 94.4 cm³/mol. The monoisotopic (exact) mass is 375 g/mol. The molecule has 8 nitrogen and oxygen atoms in total. The Balaban J connectivity index is 1.86. The zero-order chi connectivity index (χ0) is 18.9. The Kier molecular flexibility index (Phi) is 4.56. The second-order valence-corrected chi connectivity index (χ2v) is 7.29. The van der Waals surface area contributed by atoms with Gasteiger partial charge in [-0.25, -0.2) is 13.2 Å². The third kappa shape index (κ3) is 3.47. The third-order valence-electron chi connectivity index (χ3n) is 3.68. The van der Waals surface area contributed by atoms with Crippen LogP contribution in [0.4, 0.5) is 5.69 Å². The highest BCUT2D eigenvalue weighted by Crippen LogP contribution is 2.28. The molecule has 0 saturated carbocycles. The predicted octanol–water partition coefficient (Wildman–Crippen LogP) is 2.87. The number of nitrogens with zero attached hydrogens (tertiary/aromatic N) is 1. The van der Waals surface area contributed by atoms with Gasteiger partial charge < -0.3 is 9.15 Å². The lowest BCUT2D eigenvalue weighted by molar-refractivity contribution is 0.0600. The van der Waals surface area contributed by atoms with Crippen molar-refractivity contribution in [2.75, 3.05) is 11.8 Å². The molecule has 3 aromatic rings. The number of hydrogen-bond donors (Lipinski definition) is 2. The molecule has 2 N–H and O–H groups in total. The molecule has 0 aliphatic carbocycles. The number of benzene rings is 1. The summed E-state index contributed by atoms with van der Waals surface area (Å²) in [5.74, 6) is 0.108. The topological polar surface area (TPSA) is 114 Å². The number of anilines is 1. The van der Waals surface area contributed by atoms with Gasteiger partial charge in [0.05, 0.1) is 12.7 Å². The van der Waals surface area contributed by atoms with Gasteiger partial charge in [0, 0.05) is 17.4 Å². The van der Waals surface area contributed by atoms with Crippen LogP contribution in [-0.4, -0.2) is 31.7 Å². The summed E-state index contributed by atoms with van der Waals surface area (Å²) in [6.07, 6.45) is 0. The summed E-state index contributed by atoms with van der Waals surface area (Å²) in [7, 11) is -2.58. The smallest absolute Gasteiger partial charge is 0.337 e. The summed E-state index contributed by atoms with van der Waals surface area (Å²) in [4.78, 5) is 11.5. The summed E-state index contributed by atoms with van der Waals surface area (Å²) < 4.78 is 37.9. The lowest BCUT2D eigenvalue weighted by atomic mass is 10.2. The highest BCUT2D eigenvalue weighted by atomic mass is 32.2. The molecule has 0 saturated heterocycles. The molecule has 0 spiro atoms. The number of sulfonamides is 1. The fourth-order valence-electron chi connectivity index (χ4n) is 2.40. The summed E-state index contributed by atoms with van der Waals surface area (Å²) in [6.45, 7) is 3.40. The third-order valence-corrected chi connectivity index (χ3v) is 5.17. The van der Waals surface area contributed by atoms with Gasteiger partial charge in [0.2, 0.25) is 0 Å². The number of aromatic amines is 1. The van der Waals surface area contributed by atoms with Gasteiger partial charge >= 0.3 is 5.97 Å². The number of aromatic nitrogens is 2. The van der Waals surface area contributed by atoms with Crippen molar-refractivity contribution < 1.29 is 22.4 Å². The van der Waals surface area contributed by atoms with Crippen LogP contribution in [-0.2, 0) is 14.8 Å². The zero-order valence-corrected chi connectivity index (χ0v) is 15.2. The van der Waals surface area contributed by atoms with E-state index in [9.17, 15) is 13.2 Å². The Bertz CT molecular complexity index is 1050. The van der Waals surface area contributed by atoms with E-state index in [4.69, 9.17) is 4.42 Å². The number of nitrogens with one attached hydrogen (secondary N) is 2. The van der Waals surface area contributed by atoms with Crippen molar-refractivity contribution >= 4 is 21.7 Å². The van der Waals surface area contributed by atoms with Crippen LogP contribution in [0.25, 0.3) is 11.5 Å². The highest BCUT2D eigenvalue weighted by Gasteiger charge is 2.23. The van der Waals surface area contributed by atoms with Crippen LogP contribution in [0.3, 0.4) is 0 Å². The van der Waals surface area contributed by atoms with E-state index in [-0.39, 0.29) is 10.7 Å². The number of carbonyl (C=O) groups is 1. The molecular weight excluding hydrogens is 358 g/mol. The molecule has 0 amide bonds. The highest BCUT2D eigenvalue weighted by molar-refractivity contribution is 7.92. The number of H-pyrrole nitrogens is 1. The molecule has 0 aliphatic rings. The van der Waals surface area contributed by atoms with Crippen LogP contribution < -0.4 is 4.72 Å². The standard InChI is InChI=1S/C17H17N3O5S/c1-10-8-14(19-18-10)15-9-16(11(2)25-15)26(22,23)20-13-6-4-12(5-7-13)17(21)24-3/h4-9,20H,1-3H3,(H,18,19). The first-order chi connectivity index (χ1) is 12.3. The molecule has 9 heteroatoms. The van der Waals surface area contributed by atoms with Gasteiger partial charge in [0.1, 0.15) is 16.3 Å². The summed E-state index contributed by atoms with van der Waals surface area (Å²) in [6, 6.07) is 9.10.